The molecule has 0 spiro atoms. The van der Waals surface area contributed by atoms with Crippen LogP contribution < -0.4 is 0 Å². The molecule has 4 heterocycles. The second kappa shape index (κ2) is 7.03. The number of H-pyrrole nitrogens is 1. The molecule has 1 aliphatic rings. The minimum atomic E-state index is -0.0271. The summed E-state index contributed by atoms with van der Waals surface area (Å²) in [4.78, 5) is 19.4. The molecule has 0 aliphatic carbocycles. The second-order valence-corrected chi connectivity index (χ2v) is 7.67. The number of carbonyl (C=O) groups is 1. The zero-order chi connectivity index (χ0) is 18.1. The summed E-state index contributed by atoms with van der Waals surface area (Å²) in [5, 5.41) is 14.7. The lowest BCUT2D eigenvalue weighted by molar-refractivity contribution is 0.0605. The lowest BCUT2D eigenvalue weighted by Gasteiger charge is -2.34. The van der Waals surface area contributed by atoms with E-state index in [1.54, 1.807) is 17.5 Å². The number of thiazole rings is 1. The van der Waals surface area contributed by atoms with E-state index >= 15 is 0 Å². The van der Waals surface area contributed by atoms with Gasteiger partial charge in [-0.25, -0.2) is 4.98 Å². The van der Waals surface area contributed by atoms with E-state index in [1.807, 2.05) is 40.9 Å². The van der Waals surface area contributed by atoms with Gasteiger partial charge in [0.2, 0.25) is 0 Å². The normalized spacial score (nSPS) is 17.6. The Kier molecular flexibility index (Phi) is 4.58. The van der Waals surface area contributed by atoms with Gasteiger partial charge in [0.05, 0.1) is 24.0 Å². The lowest BCUT2D eigenvalue weighted by atomic mass is 10.0. The van der Waals surface area contributed by atoms with E-state index < -0.39 is 0 Å². The van der Waals surface area contributed by atoms with Gasteiger partial charge in [0.25, 0.3) is 5.91 Å². The van der Waals surface area contributed by atoms with Gasteiger partial charge in [-0.1, -0.05) is 0 Å². The van der Waals surface area contributed by atoms with Crippen LogP contribution in [0.2, 0.25) is 0 Å². The average molecular weight is 370 g/mol. The van der Waals surface area contributed by atoms with Gasteiger partial charge >= 0.3 is 0 Å². The molecule has 1 N–H and O–H groups in total. The predicted octanol–water partition coefficient (Wildman–Crippen LogP) is 3.10. The maximum absolute atomic E-state index is 13.0. The SMILES string of the molecule is Cc1cc(C)n(Cc2cc(C(=O)N3CCCCC3c3nccs3)n[nH]2)n1. The number of nitrogens with zero attached hydrogens (tertiary/aromatic N) is 5. The van der Waals surface area contributed by atoms with Gasteiger partial charge in [-0.05, 0) is 45.2 Å². The summed E-state index contributed by atoms with van der Waals surface area (Å²) in [6.45, 7) is 5.33. The topological polar surface area (TPSA) is 79.7 Å². The summed E-state index contributed by atoms with van der Waals surface area (Å²) < 4.78 is 1.91. The van der Waals surface area contributed by atoms with Crippen molar-refractivity contribution in [2.45, 2.75) is 45.7 Å². The Balaban J connectivity index is 1.52. The number of nitrogens with one attached hydrogen (secondary N) is 1. The Labute approximate surface area is 156 Å². The Morgan fingerprint density at radius 2 is 2.23 bits per heavy atom. The van der Waals surface area contributed by atoms with Crippen LogP contribution in [-0.4, -0.2) is 42.3 Å². The maximum Gasteiger partial charge on any atom is 0.274 e. The third-order valence-electron chi connectivity index (χ3n) is 4.77. The highest BCUT2D eigenvalue weighted by atomic mass is 32.1. The molecular weight excluding hydrogens is 348 g/mol. The summed E-state index contributed by atoms with van der Waals surface area (Å²) in [6, 6.07) is 3.94. The molecule has 1 fully saturated rings. The fraction of sp³-hybridized carbons (Fsp3) is 0.444. The third kappa shape index (κ3) is 3.29. The zero-order valence-electron chi connectivity index (χ0n) is 15.0. The van der Waals surface area contributed by atoms with Crippen LogP contribution in [0.3, 0.4) is 0 Å². The molecule has 8 heteroatoms. The Bertz CT molecular complexity index is 897. The van der Waals surface area contributed by atoms with Crippen LogP contribution in [0.4, 0.5) is 0 Å². The summed E-state index contributed by atoms with van der Waals surface area (Å²) in [5.74, 6) is -0.0271. The number of rotatable bonds is 4. The maximum atomic E-state index is 13.0. The number of aromatic nitrogens is 5. The second-order valence-electron chi connectivity index (χ2n) is 6.74. The van der Waals surface area contributed by atoms with Crippen molar-refractivity contribution >= 4 is 17.2 Å². The monoisotopic (exact) mass is 370 g/mol. The van der Waals surface area contributed by atoms with Crippen molar-refractivity contribution in [1.29, 1.82) is 0 Å². The molecule has 0 bridgehead atoms. The van der Waals surface area contributed by atoms with Crippen molar-refractivity contribution in [3.05, 3.63) is 51.5 Å². The molecule has 7 nitrogen and oxygen atoms in total. The number of piperidine rings is 1. The van der Waals surface area contributed by atoms with E-state index in [0.717, 1.165) is 47.9 Å². The number of amides is 1. The van der Waals surface area contributed by atoms with Crippen molar-refractivity contribution in [2.75, 3.05) is 6.54 Å². The molecule has 1 saturated heterocycles. The molecule has 1 amide bonds. The van der Waals surface area contributed by atoms with Crippen LogP contribution in [0.5, 0.6) is 0 Å². The summed E-state index contributed by atoms with van der Waals surface area (Å²) in [5.41, 5.74) is 3.41. The number of hydrogen-bond donors (Lipinski definition) is 1. The van der Waals surface area contributed by atoms with Crippen molar-refractivity contribution < 1.29 is 4.79 Å². The highest BCUT2D eigenvalue weighted by molar-refractivity contribution is 7.09. The smallest absolute Gasteiger partial charge is 0.274 e. The van der Waals surface area contributed by atoms with Crippen molar-refractivity contribution in [1.82, 2.24) is 29.9 Å². The van der Waals surface area contributed by atoms with Gasteiger partial charge in [0.15, 0.2) is 5.69 Å². The van der Waals surface area contributed by atoms with Crippen molar-refractivity contribution in [3.8, 4) is 0 Å². The van der Waals surface area contributed by atoms with Gasteiger partial charge in [-0.2, -0.15) is 10.2 Å². The Hall–Kier alpha value is -2.48. The molecular formula is C18H22N6OS. The molecule has 0 aromatic carbocycles. The molecule has 0 saturated carbocycles. The van der Waals surface area contributed by atoms with Gasteiger partial charge in [-0.3, -0.25) is 14.6 Å². The number of aryl methyl sites for hydroxylation is 2. The van der Waals surface area contributed by atoms with Crippen LogP contribution in [0.1, 0.15) is 57.9 Å². The van der Waals surface area contributed by atoms with E-state index in [2.05, 4.69) is 20.3 Å². The van der Waals surface area contributed by atoms with E-state index in [0.29, 0.717) is 12.2 Å². The van der Waals surface area contributed by atoms with Gasteiger partial charge in [0.1, 0.15) is 5.01 Å². The standard InChI is InChI=1S/C18H22N6OS/c1-12-9-13(2)24(22-12)11-14-10-15(21-20-14)18(25)23-7-4-3-5-16(23)17-19-6-8-26-17/h6,8-10,16H,3-5,7,11H2,1-2H3,(H,20,21). The van der Waals surface area contributed by atoms with E-state index in [4.69, 9.17) is 0 Å². The van der Waals surface area contributed by atoms with E-state index in [1.165, 1.54) is 0 Å². The molecule has 4 rings (SSSR count). The molecule has 3 aromatic heterocycles. The molecule has 1 atom stereocenters. The summed E-state index contributed by atoms with van der Waals surface area (Å²) in [6.07, 6.45) is 4.91. The first-order valence-electron chi connectivity index (χ1n) is 8.87. The quantitative estimate of drug-likeness (QED) is 0.765. The zero-order valence-corrected chi connectivity index (χ0v) is 15.8. The largest absolute Gasteiger partial charge is 0.328 e. The Morgan fingerprint density at radius 1 is 1.35 bits per heavy atom. The fourth-order valence-corrected chi connectivity index (χ4v) is 4.31. The molecule has 1 aliphatic heterocycles. The molecule has 136 valence electrons. The van der Waals surface area contributed by atoms with Gasteiger partial charge in [-0.15, -0.1) is 11.3 Å². The fourth-order valence-electron chi connectivity index (χ4n) is 3.53. The molecule has 3 aromatic rings. The predicted molar refractivity (Wildman–Crippen MR) is 99.1 cm³/mol. The van der Waals surface area contributed by atoms with E-state index in [-0.39, 0.29) is 11.9 Å². The van der Waals surface area contributed by atoms with Gasteiger partial charge in [0, 0.05) is 23.8 Å². The lowest BCUT2D eigenvalue weighted by Crippen LogP contribution is -2.38. The minimum absolute atomic E-state index is 0.0271. The van der Waals surface area contributed by atoms with E-state index in [9.17, 15) is 4.79 Å². The number of hydrogen-bond acceptors (Lipinski definition) is 5. The number of likely N-dealkylation sites (tertiary alicyclic amines) is 1. The highest BCUT2D eigenvalue weighted by Crippen LogP contribution is 2.32. The molecule has 0 radical (unpaired) electrons. The van der Waals surface area contributed by atoms with Crippen LogP contribution in [0, 0.1) is 13.8 Å². The highest BCUT2D eigenvalue weighted by Gasteiger charge is 2.31. The average Bonchev–Trinajstić information content (AvgIpc) is 3.37. The van der Waals surface area contributed by atoms with Crippen LogP contribution in [0.15, 0.2) is 23.7 Å². The van der Waals surface area contributed by atoms with Crippen LogP contribution in [0.25, 0.3) is 0 Å². The van der Waals surface area contributed by atoms with Gasteiger partial charge < -0.3 is 4.90 Å². The first-order chi connectivity index (χ1) is 12.6. The summed E-state index contributed by atoms with van der Waals surface area (Å²) in [7, 11) is 0. The number of carbonyl (C=O) groups excluding carboxylic acids is 1. The van der Waals surface area contributed by atoms with Crippen LogP contribution >= 0.6 is 11.3 Å². The van der Waals surface area contributed by atoms with Crippen LogP contribution in [-0.2, 0) is 6.54 Å². The number of aromatic amines is 1. The van der Waals surface area contributed by atoms with Crippen molar-refractivity contribution in [3.63, 3.8) is 0 Å². The first-order valence-corrected chi connectivity index (χ1v) is 9.75. The third-order valence-corrected chi connectivity index (χ3v) is 5.65. The Morgan fingerprint density at radius 3 is 2.96 bits per heavy atom. The molecule has 1 unspecified atom stereocenters. The molecule has 26 heavy (non-hydrogen) atoms. The minimum Gasteiger partial charge on any atom is -0.328 e. The first kappa shape index (κ1) is 17.0. The summed E-state index contributed by atoms with van der Waals surface area (Å²) >= 11 is 1.61. The van der Waals surface area contributed by atoms with Crippen molar-refractivity contribution in [2.24, 2.45) is 0 Å².